The summed E-state index contributed by atoms with van der Waals surface area (Å²) in [6.07, 6.45) is 8.07. The number of halogens is 3. The third-order valence-corrected chi connectivity index (χ3v) is 4.41. The Labute approximate surface area is 173 Å². The molecule has 0 fully saturated rings. The summed E-state index contributed by atoms with van der Waals surface area (Å²) in [6, 6.07) is 6.78. The third kappa shape index (κ3) is 8.21. The van der Waals surface area contributed by atoms with E-state index in [9.17, 15) is 13.2 Å². The van der Waals surface area contributed by atoms with Gasteiger partial charge < -0.3 is 9.47 Å². The van der Waals surface area contributed by atoms with Gasteiger partial charge in [-0.05, 0) is 51.6 Å². The molecule has 0 saturated heterocycles. The maximum absolute atomic E-state index is 11.0. The van der Waals surface area contributed by atoms with Crippen LogP contribution in [-0.4, -0.2) is 29.2 Å². The van der Waals surface area contributed by atoms with Crippen molar-refractivity contribution in [2.24, 2.45) is 0 Å². The number of hydrogen-bond acceptors (Lipinski definition) is 1. The highest BCUT2D eigenvalue weighted by atomic mass is 19.4. The van der Waals surface area contributed by atoms with Crippen LogP contribution in [0, 0.1) is 19.8 Å². The van der Waals surface area contributed by atoms with Gasteiger partial charge in [-0.3, -0.25) is 0 Å². The number of aromatic nitrogens is 1. The van der Waals surface area contributed by atoms with Crippen molar-refractivity contribution < 1.29 is 13.2 Å². The van der Waals surface area contributed by atoms with Crippen LogP contribution < -0.4 is 0 Å². The van der Waals surface area contributed by atoms with Crippen LogP contribution in [0.25, 0.3) is 10.9 Å². The molecule has 160 valence electrons. The minimum Gasteiger partial charge on any atom is -0.340 e. The first-order chi connectivity index (χ1) is 13.7. The lowest BCUT2D eigenvalue weighted by atomic mass is 10.1. The van der Waals surface area contributed by atoms with E-state index in [2.05, 4.69) is 74.9 Å². The number of allylic oxidation sites excluding steroid dienone is 3. The van der Waals surface area contributed by atoms with Gasteiger partial charge in [0.05, 0.1) is 0 Å². The van der Waals surface area contributed by atoms with E-state index in [0.717, 1.165) is 32.1 Å². The van der Waals surface area contributed by atoms with Crippen LogP contribution in [0.15, 0.2) is 43.0 Å². The summed E-state index contributed by atoms with van der Waals surface area (Å²) < 4.78 is 35.3. The average molecular weight is 407 g/mol. The first kappa shape index (κ1) is 26.6. The van der Waals surface area contributed by atoms with Gasteiger partial charge >= 0.3 is 6.18 Å². The second-order valence-corrected chi connectivity index (χ2v) is 6.57. The second kappa shape index (κ2) is 12.9. The zero-order valence-electron chi connectivity index (χ0n) is 18.2. The van der Waals surface area contributed by atoms with Crippen LogP contribution >= 0.6 is 0 Å². The minimum absolute atomic E-state index is 0.188. The Hall–Kier alpha value is -2.45. The number of hydrogen-bond donors (Lipinski definition) is 0. The number of alkyl halides is 3. The van der Waals surface area contributed by atoms with Crippen LogP contribution in [0.5, 0.6) is 0 Å². The van der Waals surface area contributed by atoms with E-state index in [-0.39, 0.29) is 6.08 Å². The lowest BCUT2D eigenvalue weighted by Crippen LogP contribution is -2.17. The molecule has 0 radical (unpaired) electrons. The second-order valence-electron chi connectivity index (χ2n) is 6.57. The SMILES string of the molecule is C#C.C/C=C/C(F)(F)F.C=CCn1c(CC)c(CN(C)CC)c2cc(C)ccc21. The first-order valence-electron chi connectivity index (χ1n) is 9.62. The predicted octanol–water partition coefficient (Wildman–Crippen LogP) is 6.52. The zero-order valence-corrected chi connectivity index (χ0v) is 18.2. The molecular weight excluding hydrogens is 373 g/mol. The fourth-order valence-corrected chi connectivity index (χ4v) is 3.08. The van der Waals surface area contributed by atoms with Gasteiger partial charge in [0.1, 0.15) is 0 Å². The molecule has 29 heavy (non-hydrogen) atoms. The van der Waals surface area contributed by atoms with E-state index in [1.165, 1.54) is 34.6 Å². The van der Waals surface area contributed by atoms with Crippen LogP contribution in [0.3, 0.4) is 0 Å². The standard InChI is InChI=1S/C18H26N2.C4H5F3.C2H2/c1-6-11-20-17(7-2)16(13-19(5)8-3)15-12-14(4)9-10-18(15)20;1-2-3-4(5,6)7;1-2/h6,9-10,12H,1,7-8,11,13H2,2-5H3;2-3H,1H3;1-2H/b;3-2+;. The Balaban J connectivity index is 0.000000740. The number of fused-ring (bicyclic) bond motifs is 1. The molecule has 0 N–H and O–H groups in total. The van der Waals surface area contributed by atoms with Crippen molar-refractivity contribution in [2.75, 3.05) is 13.6 Å². The summed E-state index contributed by atoms with van der Waals surface area (Å²) in [7, 11) is 2.19. The van der Waals surface area contributed by atoms with Gasteiger partial charge in [-0.25, -0.2) is 0 Å². The fourth-order valence-electron chi connectivity index (χ4n) is 3.08. The molecule has 2 rings (SSSR count). The summed E-state index contributed by atoms with van der Waals surface area (Å²) >= 11 is 0. The van der Waals surface area contributed by atoms with Crippen LogP contribution in [0.1, 0.15) is 37.6 Å². The van der Waals surface area contributed by atoms with Gasteiger partial charge in [0.15, 0.2) is 0 Å². The number of nitrogens with zero attached hydrogens (tertiary/aromatic N) is 2. The Morgan fingerprint density at radius 1 is 1.21 bits per heavy atom. The monoisotopic (exact) mass is 406 g/mol. The highest BCUT2D eigenvalue weighted by Crippen LogP contribution is 2.29. The maximum atomic E-state index is 11.0. The molecule has 0 spiro atoms. The normalized spacial score (nSPS) is 11.1. The molecule has 1 aromatic heterocycles. The molecule has 5 heteroatoms. The van der Waals surface area contributed by atoms with E-state index in [1.54, 1.807) is 0 Å². The third-order valence-electron chi connectivity index (χ3n) is 4.41. The molecule has 1 aromatic carbocycles. The summed E-state index contributed by atoms with van der Waals surface area (Å²) in [5.41, 5.74) is 5.60. The van der Waals surface area contributed by atoms with Gasteiger partial charge in [0.25, 0.3) is 0 Å². The minimum atomic E-state index is -4.13. The van der Waals surface area contributed by atoms with Crippen molar-refractivity contribution in [3.05, 3.63) is 59.8 Å². The van der Waals surface area contributed by atoms with E-state index in [0.29, 0.717) is 0 Å². The lowest BCUT2D eigenvalue weighted by Gasteiger charge is -2.15. The number of aryl methyl sites for hydroxylation is 1. The molecular formula is C24H33F3N2. The molecule has 0 amide bonds. The van der Waals surface area contributed by atoms with Crippen molar-refractivity contribution >= 4 is 10.9 Å². The van der Waals surface area contributed by atoms with Crippen molar-refractivity contribution in [2.45, 2.75) is 53.4 Å². The summed E-state index contributed by atoms with van der Waals surface area (Å²) in [6.45, 7) is 14.8. The van der Waals surface area contributed by atoms with Gasteiger partial charge in [0, 0.05) is 35.8 Å². The average Bonchev–Trinajstić information content (AvgIpc) is 2.95. The van der Waals surface area contributed by atoms with Gasteiger partial charge in [-0.1, -0.05) is 37.6 Å². The Morgan fingerprint density at radius 2 is 1.83 bits per heavy atom. The number of terminal acetylenes is 1. The van der Waals surface area contributed by atoms with Crippen LogP contribution in [0.2, 0.25) is 0 Å². The largest absolute Gasteiger partial charge is 0.409 e. The summed E-state index contributed by atoms with van der Waals surface area (Å²) in [5.74, 6) is 0. The maximum Gasteiger partial charge on any atom is 0.409 e. The molecule has 2 nitrogen and oxygen atoms in total. The fraction of sp³-hybridized carbons (Fsp3) is 0.417. The van der Waals surface area contributed by atoms with Crippen LogP contribution in [0.4, 0.5) is 13.2 Å². The molecule has 2 aromatic rings. The molecule has 0 aliphatic heterocycles. The van der Waals surface area contributed by atoms with E-state index in [4.69, 9.17) is 0 Å². The lowest BCUT2D eigenvalue weighted by molar-refractivity contribution is -0.0799. The van der Waals surface area contributed by atoms with Gasteiger partial charge in [-0.15, -0.1) is 19.4 Å². The Kier molecular flexibility index (Phi) is 11.8. The Morgan fingerprint density at radius 3 is 2.24 bits per heavy atom. The van der Waals surface area contributed by atoms with E-state index in [1.807, 2.05) is 6.08 Å². The van der Waals surface area contributed by atoms with Gasteiger partial charge in [-0.2, -0.15) is 13.2 Å². The molecule has 0 unspecified atom stereocenters. The molecule has 0 aliphatic rings. The van der Waals surface area contributed by atoms with Gasteiger partial charge in [0.2, 0.25) is 0 Å². The molecule has 0 saturated carbocycles. The highest BCUT2D eigenvalue weighted by molar-refractivity contribution is 5.86. The van der Waals surface area contributed by atoms with Crippen molar-refractivity contribution in [3.8, 4) is 12.8 Å². The van der Waals surface area contributed by atoms with Crippen molar-refractivity contribution in [1.29, 1.82) is 0 Å². The molecule has 0 aliphatic carbocycles. The highest BCUT2D eigenvalue weighted by Gasteiger charge is 2.20. The topological polar surface area (TPSA) is 8.17 Å². The van der Waals surface area contributed by atoms with Crippen molar-refractivity contribution in [1.82, 2.24) is 9.47 Å². The quantitative estimate of drug-likeness (QED) is 0.391. The zero-order chi connectivity index (χ0) is 22.6. The molecule has 1 heterocycles. The predicted molar refractivity (Wildman–Crippen MR) is 119 cm³/mol. The van der Waals surface area contributed by atoms with E-state index >= 15 is 0 Å². The van der Waals surface area contributed by atoms with E-state index < -0.39 is 6.18 Å². The first-order valence-corrected chi connectivity index (χ1v) is 9.62. The summed E-state index contributed by atoms with van der Waals surface area (Å²) in [4.78, 5) is 2.37. The Bertz CT molecular complexity index is 811. The number of benzene rings is 1. The smallest absolute Gasteiger partial charge is 0.340 e. The van der Waals surface area contributed by atoms with Crippen molar-refractivity contribution in [3.63, 3.8) is 0 Å². The van der Waals surface area contributed by atoms with Crippen LogP contribution in [-0.2, 0) is 19.5 Å². The molecule has 0 bridgehead atoms. The number of rotatable bonds is 6. The summed E-state index contributed by atoms with van der Waals surface area (Å²) in [5, 5.41) is 1.41. The molecule has 0 atom stereocenters.